The van der Waals surface area contributed by atoms with Crippen LogP contribution in [0.2, 0.25) is 0 Å². The minimum atomic E-state index is 0.815. The average molecular weight is 208 g/mol. The van der Waals surface area contributed by atoms with Crippen molar-refractivity contribution in [1.29, 1.82) is 0 Å². The smallest absolute Gasteiger partial charge is 0.144 e. The molecule has 0 atom stereocenters. The molecule has 0 aliphatic rings. The van der Waals surface area contributed by atoms with Crippen LogP contribution in [-0.2, 0) is 6.54 Å². The molecular formula is C11H20N4. The number of rotatable bonds is 6. The molecule has 0 bridgehead atoms. The third-order valence-electron chi connectivity index (χ3n) is 2.29. The first kappa shape index (κ1) is 11.9. The van der Waals surface area contributed by atoms with E-state index in [0.717, 1.165) is 24.6 Å². The first-order valence-electron chi connectivity index (χ1n) is 5.43. The third-order valence-corrected chi connectivity index (χ3v) is 2.29. The van der Waals surface area contributed by atoms with Gasteiger partial charge in [0.15, 0.2) is 0 Å². The number of nitrogens with zero attached hydrogens (tertiary/aromatic N) is 3. The first-order chi connectivity index (χ1) is 7.26. The van der Waals surface area contributed by atoms with Crippen molar-refractivity contribution in [3.63, 3.8) is 0 Å². The van der Waals surface area contributed by atoms with E-state index in [1.54, 1.807) is 6.20 Å². The normalized spacial score (nSPS) is 10.7. The Hall–Kier alpha value is -1.16. The van der Waals surface area contributed by atoms with Gasteiger partial charge in [-0.05, 0) is 20.0 Å². The molecule has 0 fully saturated rings. The van der Waals surface area contributed by atoms with Crippen molar-refractivity contribution in [1.82, 2.24) is 14.9 Å². The van der Waals surface area contributed by atoms with E-state index in [-0.39, 0.29) is 0 Å². The maximum absolute atomic E-state index is 4.33. The third kappa shape index (κ3) is 4.25. The van der Waals surface area contributed by atoms with Gasteiger partial charge in [-0.2, -0.15) is 0 Å². The second kappa shape index (κ2) is 6.35. The predicted octanol–water partition coefficient (Wildman–Crippen LogP) is 1.75. The molecule has 1 heterocycles. The molecule has 0 unspecified atom stereocenters. The quantitative estimate of drug-likeness (QED) is 0.773. The lowest BCUT2D eigenvalue weighted by Crippen LogP contribution is -2.19. The summed E-state index contributed by atoms with van der Waals surface area (Å²) in [7, 11) is 3.96. The van der Waals surface area contributed by atoms with E-state index < -0.39 is 0 Å². The summed E-state index contributed by atoms with van der Waals surface area (Å²) in [6, 6.07) is 0. The molecule has 1 aromatic heterocycles. The van der Waals surface area contributed by atoms with Crippen LogP contribution in [0.4, 0.5) is 5.82 Å². The van der Waals surface area contributed by atoms with Crippen LogP contribution in [0.15, 0.2) is 12.4 Å². The zero-order valence-corrected chi connectivity index (χ0v) is 9.82. The zero-order valence-electron chi connectivity index (χ0n) is 9.82. The van der Waals surface area contributed by atoms with E-state index in [0.29, 0.717) is 0 Å². The second-order valence-corrected chi connectivity index (χ2v) is 3.73. The van der Waals surface area contributed by atoms with E-state index in [1.165, 1.54) is 12.8 Å². The van der Waals surface area contributed by atoms with Crippen molar-refractivity contribution < 1.29 is 0 Å². The van der Waals surface area contributed by atoms with Crippen LogP contribution in [0.1, 0.15) is 25.5 Å². The molecule has 0 radical (unpaired) electrons. The van der Waals surface area contributed by atoms with Crippen molar-refractivity contribution in [2.45, 2.75) is 26.3 Å². The topological polar surface area (TPSA) is 41.1 Å². The van der Waals surface area contributed by atoms with Gasteiger partial charge in [-0.1, -0.05) is 13.3 Å². The minimum absolute atomic E-state index is 0.815. The van der Waals surface area contributed by atoms with Crippen LogP contribution in [-0.4, -0.2) is 35.5 Å². The highest BCUT2D eigenvalue weighted by Gasteiger charge is 2.01. The lowest BCUT2D eigenvalue weighted by Gasteiger charge is -2.15. The van der Waals surface area contributed by atoms with E-state index in [4.69, 9.17) is 0 Å². The Kier molecular flexibility index (Phi) is 5.04. The maximum atomic E-state index is 4.33. The molecule has 0 aromatic carbocycles. The van der Waals surface area contributed by atoms with Gasteiger partial charge in [0.1, 0.15) is 5.82 Å². The lowest BCUT2D eigenvalue weighted by atomic mass is 10.3. The molecule has 15 heavy (non-hydrogen) atoms. The molecule has 0 aliphatic heterocycles. The fourth-order valence-electron chi connectivity index (χ4n) is 1.35. The fraction of sp³-hybridized carbons (Fsp3) is 0.636. The average Bonchev–Trinajstić information content (AvgIpc) is 2.27. The van der Waals surface area contributed by atoms with Gasteiger partial charge in [0.05, 0.1) is 18.1 Å². The van der Waals surface area contributed by atoms with Crippen LogP contribution in [0.5, 0.6) is 0 Å². The number of hydrogen-bond acceptors (Lipinski definition) is 4. The molecule has 0 spiro atoms. The van der Waals surface area contributed by atoms with Crippen LogP contribution >= 0.6 is 0 Å². The van der Waals surface area contributed by atoms with E-state index in [1.807, 2.05) is 13.2 Å². The van der Waals surface area contributed by atoms with E-state index >= 15 is 0 Å². The maximum Gasteiger partial charge on any atom is 0.144 e. The summed E-state index contributed by atoms with van der Waals surface area (Å²) in [4.78, 5) is 10.8. The molecule has 0 saturated heterocycles. The van der Waals surface area contributed by atoms with E-state index in [9.17, 15) is 0 Å². The van der Waals surface area contributed by atoms with Crippen LogP contribution in [0.25, 0.3) is 0 Å². The summed E-state index contributed by atoms with van der Waals surface area (Å²) in [5, 5.41) is 2.95. The minimum Gasteiger partial charge on any atom is -0.372 e. The van der Waals surface area contributed by atoms with Crippen molar-refractivity contribution >= 4 is 5.82 Å². The van der Waals surface area contributed by atoms with Gasteiger partial charge in [-0.3, -0.25) is 4.98 Å². The number of hydrogen-bond donors (Lipinski definition) is 1. The summed E-state index contributed by atoms with van der Waals surface area (Å²) >= 11 is 0. The molecule has 0 saturated carbocycles. The zero-order chi connectivity index (χ0) is 11.1. The number of aromatic nitrogens is 2. The van der Waals surface area contributed by atoms with Crippen LogP contribution in [0, 0.1) is 0 Å². The number of nitrogens with one attached hydrogen (secondary N) is 1. The van der Waals surface area contributed by atoms with Crippen LogP contribution < -0.4 is 5.32 Å². The SMILES string of the molecule is CCCCN(C)Cc1cnc(NC)cn1. The molecule has 84 valence electrons. The summed E-state index contributed by atoms with van der Waals surface area (Å²) in [5.74, 6) is 0.815. The Bertz CT molecular complexity index is 270. The first-order valence-corrected chi connectivity index (χ1v) is 5.43. The Labute approximate surface area is 91.7 Å². The second-order valence-electron chi connectivity index (χ2n) is 3.73. The highest BCUT2D eigenvalue weighted by molar-refractivity contribution is 5.29. The highest BCUT2D eigenvalue weighted by atomic mass is 15.1. The lowest BCUT2D eigenvalue weighted by molar-refractivity contribution is 0.316. The van der Waals surface area contributed by atoms with Gasteiger partial charge >= 0.3 is 0 Å². The van der Waals surface area contributed by atoms with Gasteiger partial charge in [-0.15, -0.1) is 0 Å². The van der Waals surface area contributed by atoms with Crippen molar-refractivity contribution in [2.75, 3.05) is 26.0 Å². The molecule has 1 aromatic rings. The predicted molar refractivity (Wildman–Crippen MR) is 62.8 cm³/mol. The summed E-state index contributed by atoms with van der Waals surface area (Å²) in [6.45, 7) is 4.19. The summed E-state index contributed by atoms with van der Waals surface area (Å²) in [6.07, 6.45) is 6.06. The molecule has 0 amide bonds. The van der Waals surface area contributed by atoms with Gasteiger partial charge in [0.25, 0.3) is 0 Å². The van der Waals surface area contributed by atoms with Crippen molar-refractivity contribution in [2.24, 2.45) is 0 Å². The van der Waals surface area contributed by atoms with Gasteiger partial charge in [-0.25, -0.2) is 4.98 Å². The van der Waals surface area contributed by atoms with Gasteiger partial charge in [0.2, 0.25) is 0 Å². The standard InChI is InChI=1S/C11H20N4/c1-4-5-6-15(3)9-10-7-14-11(12-2)8-13-10/h7-8H,4-6,9H2,1-3H3,(H,12,14). The van der Waals surface area contributed by atoms with Gasteiger partial charge < -0.3 is 10.2 Å². The van der Waals surface area contributed by atoms with E-state index in [2.05, 4.69) is 34.2 Å². The molecule has 1 rings (SSSR count). The summed E-state index contributed by atoms with van der Waals surface area (Å²) in [5.41, 5.74) is 1.02. The Morgan fingerprint density at radius 1 is 1.33 bits per heavy atom. The Morgan fingerprint density at radius 3 is 2.67 bits per heavy atom. The molecule has 0 aliphatic carbocycles. The molecular weight excluding hydrogens is 188 g/mol. The molecule has 4 nitrogen and oxygen atoms in total. The fourth-order valence-corrected chi connectivity index (χ4v) is 1.35. The Balaban J connectivity index is 2.42. The molecule has 4 heteroatoms. The van der Waals surface area contributed by atoms with Crippen molar-refractivity contribution in [3.05, 3.63) is 18.1 Å². The number of anilines is 1. The van der Waals surface area contributed by atoms with Crippen molar-refractivity contribution in [3.8, 4) is 0 Å². The van der Waals surface area contributed by atoms with Gasteiger partial charge in [0, 0.05) is 13.6 Å². The monoisotopic (exact) mass is 208 g/mol. The largest absolute Gasteiger partial charge is 0.372 e. The molecule has 1 N–H and O–H groups in total. The van der Waals surface area contributed by atoms with Crippen LogP contribution in [0.3, 0.4) is 0 Å². The number of unbranched alkanes of at least 4 members (excludes halogenated alkanes) is 1. The Morgan fingerprint density at radius 2 is 2.13 bits per heavy atom. The highest BCUT2D eigenvalue weighted by Crippen LogP contribution is 2.03. The summed E-state index contributed by atoms with van der Waals surface area (Å²) < 4.78 is 0.